The number of hydrogen-bond acceptors (Lipinski definition) is 2. The van der Waals surface area contributed by atoms with E-state index < -0.39 is 5.97 Å². The molecule has 5 heteroatoms. The van der Waals surface area contributed by atoms with E-state index in [0.717, 1.165) is 21.8 Å². The van der Waals surface area contributed by atoms with Crippen molar-refractivity contribution in [3.05, 3.63) is 70.0 Å². The second-order valence-corrected chi connectivity index (χ2v) is 5.60. The molecule has 2 rings (SSSR count). The second kappa shape index (κ2) is 7.04. The lowest BCUT2D eigenvalue weighted by molar-refractivity contribution is -0.131. The molecule has 0 fully saturated rings. The number of carboxylic acid groups (broad SMARTS) is 1. The summed E-state index contributed by atoms with van der Waals surface area (Å²) < 4.78 is 2.65. The van der Waals surface area contributed by atoms with Crippen molar-refractivity contribution in [1.29, 1.82) is 0 Å². The van der Waals surface area contributed by atoms with Crippen molar-refractivity contribution >= 4 is 39.8 Å². The number of ketones is 1. The van der Waals surface area contributed by atoms with Gasteiger partial charge < -0.3 is 9.67 Å². The Morgan fingerprint density at radius 3 is 2.64 bits per heavy atom. The van der Waals surface area contributed by atoms with Crippen LogP contribution in [-0.4, -0.2) is 21.4 Å². The average Bonchev–Trinajstić information content (AvgIpc) is 2.83. The number of carbonyl (C=O) groups excluding carboxylic acids is 1. The summed E-state index contributed by atoms with van der Waals surface area (Å²) in [6.45, 7) is 0. The maximum atomic E-state index is 12.1. The number of nitrogens with zero attached hydrogens (tertiary/aromatic N) is 1. The van der Waals surface area contributed by atoms with Crippen LogP contribution in [0.25, 0.3) is 12.2 Å². The first-order chi connectivity index (χ1) is 10.5. The van der Waals surface area contributed by atoms with E-state index in [2.05, 4.69) is 15.9 Å². The normalized spacial score (nSPS) is 11.4. The van der Waals surface area contributed by atoms with Gasteiger partial charge in [-0.2, -0.15) is 0 Å². The van der Waals surface area contributed by atoms with Crippen LogP contribution in [0.1, 0.15) is 21.6 Å². The molecule has 112 valence electrons. The van der Waals surface area contributed by atoms with Gasteiger partial charge in [-0.05, 0) is 42.0 Å². The number of carbonyl (C=O) groups is 2. The predicted octanol–water partition coefficient (Wildman–Crippen LogP) is 3.78. The molecule has 0 saturated heterocycles. The van der Waals surface area contributed by atoms with Gasteiger partial charge in [-0.1, -0.05) is 28.1 Å². The van der Waals surface area contributed by atoms with Crippen molar-refractivity contribution in [1.82, 2.24) is 4.57 Å². The van der Waals surface area contributed by atoms with Gasteiger partial charge in [0.25, 0.3) is 0 Å². The molecule has 22 heavy (non-hydrogen) atoms. The van der Waals surface area contributed by atoms with Gasteiger partial charge in [-0.3, -0.25) is 4.79 Å². The van der Waals surface area contributed by atoms with Crippen molar-refractivity contribution in [2.75, 3.05) is 0 Å². The van der Waals surface area contributed by atoms with Crippen LogP contribution in [0.15, 0.2) is 53.2 Å². The largest absolute Gasteiger partial charge is 0.478 e. The Morgan fingerprint density at radius 2 is 1.95 bits per heavy atom. The third kappa shape index (κ3) is 4.30. The smallest absolute Gasteiger partial charge is 0.328 e. The van der Waals surface area contributed by atoms with E-state index in [-0.39, 0.29) is 5.78 Å². The Morgan fingerprint density at radius 1 is 1.18 bits per heavy atom. The zero-order chi connectivity index (χ0) is 16.1. The predicted molar refractivity (Wildman–Crippen MR) is 89.6 cm³/mol. The summed E-state index contributed by atoms with van der Waals surface area (Å²) in [6.07, 6.45) is 7.63. The average molecular weight is 360 g/mol. The molecule has 1 heterocycles. The fraction of sp³-hybridized carbons (Fsp3) is 0.0588. The lowest BCUT2D eigenvalue weighted by Crippen LogP contribution is -1.93. The van der Waals surface area contributed by atoms with E-state index in [1.807, 2.05) is 31.4 Å². The molecule has 0 atom stereocenters. The highest BCUT2D eigenvalue weighted by atomic mass is 79.9. The van der Waals surface area contributed by atoms with Crippen LogP contribution in [-0.2, 0) is 11.8 Å². The van der Waals surface area contributed by atoms with Gasteiger partial charge in [0.2, 0.25) is 0 Å². The molecular weight excluding hydrogens is 346 g/mol. The van der Waals surface area contributed by atoms with E-state index in [0.29, 0.717) is 5.56 Å². The summed E-state index contributed by atoms with van der Waals surface area (Å²) >= 11 is 3.33. The van der Waals surface area contributed by atoms with E-state index in [9.17, 15) is 9.59 Å². The van der Waals surface area contributed by atoms with E-state index in [1.54, 1.807) is 22.8 Å². The number of allylic oxidation sites excluding steroid dienone is 1. The Kier molecular flexibility index (Phi) is 5.12. The van der Waals surface area contributed by atoms with Crippen molar-refractivity contribution in [2.24, 2.45) is 7.05 Å². The SMILES string of the molecule is Cn1cc(/C=C/C(=O)c2cccc(Br)c2)cc1/C=C/C(=O)O. The molecule has 0 saturated carbocycles. The van der Waals surface area contributed by atoms with Crippen molar-refractivity contribution in [2.45, 2.75) is 0 Å². The summed E-state index contributed by atoms with van der Waals surface area (Å²) in [5, 5.41) is 8.64. The number of hydrogen-bond donors (Lipinski definition) is 1. The number of benzene rings is 1. The van der Waals surface area contributed by atoms with E-state index >= 15 is 0 Å². The second-order valence-electron chi connectivity index (χ2n) is 4.69. The highest BCUT2D eigenvalue weighted by molar-refractivity contribution is 9.10. The maximum Gasteiger partial charge on any atom is 0.328 e. The summed E-state index contributed by atoms with van der Waals surface area (Å²) in [4.78, 5) is 22.6. The minimum absolute atomic E-state index is 0.0900. The van der Waals surface area contributed by atoms with Crippen molar-refractivity contribution in [3.63, 3.8) is 0 Å². The minimum Gasteiger partial charge on any atom is -0.478 e. The van der Waals surface area contributed by atoms with Gasteiger partial charge in [0, 0.05) is 35.1 Å². The lowest BCUT2D eigenvalue weighted by atomic mass is 10.1. The molecule has 2 aromatic rings. The number of aryl methyl sites for hydroxylation is 1. The number of carboxylic acids is 1. The topological polar surface area (TPSA) is 59.3 Å². The Labute approximate surface area is 136 Å². The highest BCUT2D eigenvalue weighted by Crippen LogP contribution is 2.14. The monoisotopic (exact) mass is 359 g/mol. The molecule has 0 radical (unpaired) electrons. The van der Waals surface area contributed by atoms with Crippen LogP contribution in [0.3, 0.4) is 0 Å². The fourth-order valence-electron chi connectivity index (χ4n) is 1.93. The molecule has 0 aliphatic heterocycles. The van der Waals surface area contributed by atoms with Crippen molar-refractivity contribution in [3.8, 4) is 0 Å². The molecule has 0 amide bonds. The molecular formula is C17H14BrNO3. The summed E-state index contributed by atoms with van der Waals surface area (Å²) in [7, 11) is 1.81. The van der Waals surface area contributed by atoms with Crippen LogP contribution < -0.4 is 0 Å². The van der Waals surface area contributed by atoms with E-state index in [1.165, 1.54) is 12.2 Å². The third-order valence-corrected chi connectivity index (χ3v) is 3.49. The first-order valence-electron chi connectivity index (χ1n) is 6.51. The molecule has 1 aromatic heterocycles. The van der Waals surface area contributed by atoms with Crippen molar-refractivity contribution < 1.29 is 14.7 Å². The van der Waals surface area contributed by atoms with Crippen LogP contribution >= 0.6 is 15.9 Å². The number of aliphatic carboxylic acids is 1. The van der Waals surface area contributed by atoms with Crippen LogP contribution in [0.5, 0.6) is 0 Å². The molecule has 1 N–H and O–H groups in total. The minimum atomic E-state index is -0.997. The molecule has 1 aromatic carbocycles. The van der Waals surface area contributed by atoms with Crippen LogP contribution in [0.4, 0.5) is 0 Å². The molecule has 0 aliphatic rings. The quantitative estimate of drug-likeness (QED) is 0.652. The van der Waals surface area contributed by atoms with Gasteiger partial charge in [-0.25, -0.2) is 4.79 Å². The van der Waals surface area contributed by atoms with Gasteiger partial charge in [0.15, 0.2) is 5.78 Å². The van der Waals surface area contributed by atoms with E-state index in [4.69, 9.17) is 5.11 Å². The zero-order valence-corrected chi connectivity index (χ0v) is 13.4. The third-order valence-electron chi connectivity index (χ3n) is 3.00. The van der Waals surface area contributed by atoms with Gasteiger partial charge in [0.1, 0.15) is 0 Å². The lowest BCUT2D eigenvalue weighted by Gasteiger charge is -1.96. The standard InChI is InChI=1S/C17H14BrNO3/c1-19-11-12(9-15(19)6-8-17(21)22)5-7-16(20)13-3-2-4-14(18)10-13/h2-11H,1H3,(H,21,22)/b7-5+,8-6+. The summed E-state index contributed by atoms with van der Waals surface area (Å²) in [5.41, 5.74) is 2.18. The molecule has 0 aliphatic carbocycles. The molecule has 4 nitrogen and oxygen atoms in total. The van der Waals surface area contributed by atoms with Crippen LogP contribution in [0.2, 0.25) is 0 Å². The zero-order valence-electron chi connectivity index (χ0n) is 11.9. The Hall–Kier alpha value is -2.40. The fourth-order valence-corrected chi connectivity index (χ4v) is 2.33. The molecule has 0 spiro atoms. The molecule has 0 bridgehead atoms. The summed E-state index contributed by atoms with van der Waals surface area (Å²) in [6, 6.07) is 8.99. The van der Waals surface area contributed by atoms with Gasteiger partial charge in [-0.15, -0.1) is 0 Å². The maximum absolute atomic E-state index is 12.1. The molecule has 0 unspecified atom stereocenters. The first-order valence-corrected chi connectivity index (χ1v) is 7.30. The van der Waals surface area contributed by atoms with Gasteiger partial charge >= 0.3 is 5.97 Å². The van der Waals surface area contributed by atoms with Crippen LogP contribution in [0, 0.1) is 0 Å². The Bertz CT molecular complexity index is 772. The Balaban J connectivity index is 2.15. The number of aromatic nitrogens is 1. The first kappa shape index (κ1) is 16.0. The number of rotatable bonds is 5. The number of halogens is 1. The summed E-state index contributed by atoms with van der Waals surface area (Å²) in [5.74, 6) is -1.09. The van der Waals surface area contributed by atoms with Gasteiger partial charge in [0.05, 0.1) is 0 Å². The highest BCUT2D eigenvalue weighted by Gasteiger charge is 2.03.